The Morgan fingerprint density at radius 2 is 2.00 bits per heavy atom. The topological polar surface area (TPSA) is 37.8 Å². The van der Waals surface area contributed by atoms with Crippen LogP contribution in [0.3, 0.4) is 0 Å². The van der Waals surface area contributed by atoms with Crippen molar-refractivity contribution in [2.75, 3.05) is 11.9 Å². The van der Waals surface area contributed by atoms with Gasteiger partial charge < -0.3 is 5.32 Å². The van der Waals surface area contributed by atoms with Gasteiger partial charge in [-0.2, -0.15) is 0 Å². The SMILES string of the molecule is CCCNc1nc(-c2cccc(C)c2)nc(C(C)C)c1Br. The molecule has 0 spiro atoms. The van der Waals surface area contributed by atoms with Crippen LogP contribution in [0.15, 0.2) is 28.7 Å². The van der Waals surface area contributed by atoms with Crippen LogP contribution in [-0.4, -0.2) is 16.5 Å². The maximum atomic E-state index is 4.75. The number of nitrogens with one attached hydrogen (secondary N) is 1. The van der Waals surface area contributed by atoms with Crippen LogP contribution >= 0.6 is 15.9 Å². The van der Waals surface area contributed by atoms with Crippen LogP contribution in [0.4, 0.5) is 5.82 Å². The number of halogens is 1. The van der Waals surface area contributed by atoms with Gasteiger partial charge in [0.15, 0.2) is 5.82 Å². The highest BCUT2D eigenvalue weighted by atomic mass is 79.9. The van der Waals surface area contributed by atoms with Gasteiger partial charge >= 0.3 is 0 Å². The van der Waals surface area contributed by atoms with E-state index in [-0.39, 0.29) is 0 Å². The van der Waals surface area contributed by atoms with Crippen molar-refractivity contribution in [3.63, 3.8) is 0 Å². The zero-order valence-corrected chi connectivity index (χ0v) is 14.7. The molecule has 0 amide bonds. The van der Waals surface area contributed by atoms with Gasteiger partial charge in [0.1, 0.15) is 5.82 Å². The molecule has 0 unspecified atom stereocenters. The molecule has 0 saturated heterocycles. The summed E-state index contributed by atoms with van der Waals surface area (Å²) in [6, 6.07) is 8.31. The second kappa shape index (κ2) is 7.03. The fraction of sp³-hybridized carbons (Fsp3) is 0.412. The quantitative estimate of drug-likeness (QED) is 0.811. The Morgan fingerprint density at radius 3 is 2.62 bits per heavy atom. The summed E-state index contributed by atoms with van der Waals surface area (Å²) in [5, 5.41) is 3.38. The van der Waals surface area contributed by atoms with Gasteiger partial charge in [0.05, 0.1) is 10.2 Å². The Kier molecular flexibility index (Phi) is 5.34. The van der Waals surface area contributed by atoms with Crippen LogP contribution in [0.5, 0.6) is 0 Å². The van der Waals surface area contributed by atoms with E-state index in [0.29, 0.717) is 5.92 Å². The molecule has 0 aliphatic rings. The summed E-state index contributed by atoms with van der Waals surface area (Å²) in [5.41, 5.74) is 3.32. The van der Waals surface area contributed by atoms with Gasteiger partial charge in [0, 0.05) is 12.1 Å². The van der Waals surface area contributed by atoms with Crippen LogP contribution in [0.1, 0.15) is 44.4 Å². The number of nitrogens with zero attached hydrogens (tertiary/aromatic N) is 2. The number of anilines is 1. The van der Waals surface area contributed by atoms with Crippen molar-refractivity contribution in [3.05, 3.63) is 40.0 Å². The highest BCUT2D eigenvalue weighted by Crippen LogP contribution is 2.31. The fourth-order valence-corrected chi connectivity index (χ4v) is 2.90. The highest BCUT2D eigenvalue weighted by molar-refractivity contribution is 9.10. The molecule has 0 radical (unpaired) electrons. The third-order valence-corrected chi connectivity index (χ3v) is 4.02. The molecule has 0 aliphatic heterocycles. The molecule has 2 aromatic rings. The smallest absolute Gasteiger partial charge is 0.161 e. The number of aromatic nitrogens is 2. The predicted octanol–water partition coefficient (Wildman–Crippen LogP) is 5.16. The molecule has 1 heterocycles. The van der Waals surface area contributed by atoms with Crippen LogP contribution in [0.25, 0.3) is 11.4 Å². The van der Waals surface area contributed by atoms with Crippen LogP contribution in [-0.2, 0) is 0 Å². The van der Waals surface area contributed by atoms with Crippen molar-refractivity contribution >= 4 is 21.7 Å². The van der Waals surface area contributed by atoms with E-state index in [1.165, 1.54) is 5.56 Å². The van der Waals surface area contributed by atoms with E-state index in [1.807, 2.05) is 6.07 Å². The van der Waals surface area contributed by atoms with E-state index in [9.17, 15) is 0 Å². The third kappa shape index (κ3) is 3.82. The normalized spacial score (nSPS) is 11.0. The summed E-state index contributed by atoms with van der Waals surface area (Å²) >= 11 is 3.65. The van der Waals surface area contributed by atoms with E-state index >= 15 is 0 Å². The highest BCUT2D eigenvalue weighted by Gasteiger charge is 2.15. The van der Waals surface area contributed by atoms with E-state index < -0.39 is 0 Å². The second-order valence-corrected chi connectivity index (χ2v) is 6.34. The molecule has 1 aromatic heterocycles. The molecule has 1 N–H and O–H groups in total. The first kappa shape index (κ1) is 16.0. The Hall–Kier alpha value is -1.42. The lowest BCUT2D eigenvalue weighted by atomic mass is 10.1. The third-order valence-electron chi connectivity index (χ3n) is 3.24. The molecule has 1 aromatic carbocycles. The van der Waals surface area contributed by atoms with Crippen molar-refractivity contribution in [1.82, 2.24) is 9.97 Å². The Labute approximate surface area is 135 Å². The Morgan fingerprint density at radius 1 is 1.24 bits per heavy atom. The maximum Gasteiger partial charge on any atom is 0.161 e. The number of hydrogen-bond donors (Lipinski definition) is 1. The minimum Gasteiger partial charge on any atom is -0.369 e. The van der Waals surface area contributed by atoms with Gasteiger partial charge in [-0.05, 0) is 41.3 Å². The number of benzene rings is 1. The van der Waals surface area contributed by atoms with Gasteiger partial charge in [0.25, 0.3) is 0 Å². The molecule has 2 rings (SSSR count). The number of aryl methyl sites for hydroxylation is 1. The molecule has 112 valence electrons. The summed E-state index contributed by atoms with van der Waals surface area (Å²) in [4.78, 5) is 9.45. The Balaban J connectivity index is 2.53. The average Bonchev–Trinajstić information content (AvgIpc) is 2.46. The minimum atomic E-state index is 0.341. The lowest BCUT2D eigenvalue weighted by Crippen LogP contribution is -2.08. The molecule has 0 fully saturated rings. The zero-order valence-electron chi connectivity index (χ0n) is 13.1. The fourth-order valence-electron chi connectivity index (χ4n) is 2.12. The molecule has 0 aliphatic carbocycles. The van der Waals surface area contributed by atoms with Gasteiger partial charge in [-0.25, -0.2) is 9.97 Å². The van der Waals surface area contributed by atoms with Crippen LogP contribution < -0.4 is 5.32 Å². The van der Waals surface area contributed by atoms with E-state index in [2.05, 4.69) is 67.1 Å². The molecule has 0 atom stereocenters. The largest absolute Gasteiger partial charge is 0.369 e. The summed E-state index contributed by atoms with van der Waals surface area (Å²) < 4.78 is 0.974. The first-order valence-corrected chi connectivity index (χ1v) is 8.20. The van der Waals surface area contributed by atoms with Gasteiger partial charge in [-0.15, -0.1) is 0 Å². The van der Waals surface area contributed by atoms with Crippen molar-refractivity contribution in [1.29, 1.82) is 0 Å². The predicted molar refractivity (Wildman–Crippen MR) is 92.8 cm³/mol. The van der Waals surface area contributed by atoms with Crippen molar-refractivity contribution in [2.45, 2.75) is 40.0 Å². The van der Waals surface area contributed by atoms with Crippen LogP contribution in [0, 0.1) is 6.92 Å². The second-order valence-electron chi connectivity index (χ2n) is 5.55. The average molecular weight is 348 g/mol. The van der Waals surface area contributed by atoms with Gasteiger partial charge in [-0.3, -0.25) is 0 Å². The molecule has 4 heteroatoms. The molecule has 0 saturated carbocycles. The molecular formula is C17H22BrN3. The summed E-state index contributed by atoms with van der Waals surface area (Å²) in [6.45, 7) is 9.43. The van der Waals surface area contributed by atoms with E-state index in [4.69, 9.17) is 9.97 Å². The molecule has 0 bridgehead atoms. The number of rotatable bonds is 5. The van der Waals surface area contributed by atoms with E-state index in [1.54, 1.807) is 0 Å². The van der Waals surface area contributed by atoms with E-state index in [0.717, 1.165) is 40.3 Å². The first-order valence-electron chi connectivity index (χ1n) is 7.41. The Bertz CT molecular complexity index is 623. The lowest BCUT2D eigenvalue weighted by molar-refractivity contribution is 0.808. The molecule has 3 nitrogen and oxygen atoms in total. The standard InChI is InChI=1S/C17H22BrN3/c1-5-9-19-17-14(18)15(11(2)3)20-16(21-17)13-8-6-7-12(4)10-13/h6-8,10-11H,5,9H2,1-4H3,(H,19,20,21). The lowest BCUT2D eigenvalue weighted by Gasteiger charge is -2.15. The zero-order chi connectivity index (χ0) is 15.4. The molecule has 21 heavy (non-hydrogen) atoms. The summed E-state index contributed by atoms with van der Waals surface area (Å²) in [7, 11) is 0. The molecular weight excluding hydrogens is 326 g/mol. The van der Waals surface area contributed by atoms with Crippen molar-refractivity contribution < 1.29 is 0 Å². The summed E-state index contributed by atoms with van der Waals surface area (Å²) in [5.74, 6) is 2.00. The maximum absolute atomic E-state index is 4.75. The minimum absolute atomic E-state index is 0.341. The number of hydrogen-bond acceptors (Lipinski definition) is 3. The monoisotopic (exact) mass is 347 g/mol. The summed E-state index contributed by atoms with van der Waals surface area (Å²) in [6.07, 6.45) is 1.06. The van der Waals surface area contributed by atoms with Crippen molar-refractivity contribution in [3.8, 4) is 11.4 Å². The van der Waals surface area contributed by atoms with Gasteiger partial charge in [-0.1, -0.05) is 44.5 Å². The van der Waals surface area contributed by atoms with Gasteiger partial charge in [0.2, 0.25) is 0 Å². The first-order chi connectivity index (χ1) is 10.0. The van der Waals surface area contributed by atoms with Crippen molar-refractivity contribution in [2.24, 2.45) is 0 Å². The van der Waals surface area contributed by atoms with Crippen LogP contribution in [0.2, 0.25) is 0 Å².